The van der Waals surface area contributed by atoms with Gasteiger partial charge in [0.25, 0.3) is 0 Å². The average Bonchev–Trinajstić information content (AvgIpc) is 2.43. The third-order valence-electron chi connectivity index (χ3n) is 3.00. The van der Waals surface area contributed by atoms with Gasteiger partial charge < -0.3 is 14.7 Å². The molecule has 20 heavy (non-hydrogen) atoms. The Hall–Kier alpha value is -1.88. The molecule has 0 saturated carbocycles. The van der Waals surface area contributed by atoms with E-state index in [2.05, 4.69) is 6.92 Å². The number of benzene rings is 1. The van der Waals surface area contributed by atoms with Gasteiger partial charge in [-0.15, -0.1) is 0 Å². The lowest BCUT2D eigenvalue weighted by Gasteiger charge is -2.20. The van der Waals surface area contributed by atoms with Crippen molar-refractivity contribution in [3.05, 3.63) is 35.4 Å². The zero-order valence-corrected chi connectivity index (χ0v) is 12.0. The smallest absolute Gasteiger partial charge is 0.323 e. The van der Waals surface area contributed by atoms with Crippen LogP contribution in [0.2, 0.25) is 0 Å². The van der Waals surface area contributed by atoms with E-state index in [-0.39, 0.29) is 25.4 Å². The molecule has 5 nitrogen and oxygen atoms in total. The van der Waals surface area contributed by atoms with Crippen molar-refractivity contribution in [3.63, 3.8) is 0 Å². The molecule has 5 heteroatoms. The number of hydrogen-bond acceptors (Lipinski definition) is 3. The van der Waals surface area contributed by atoms with E-state index in [1.807, 2.05) is 24.3 Å². The van der Waals surface area contributed by atoms with E-state index in [0.717, 1.165) is 17.5 Å². The Bertz CT molecular complexity index is 459. The molecule has 1 amide bonds. The predicted octanol–water partition coefficient (Wildman–Crippen LogP) is 1.35. The summed E-state index contributed by atoms with van der Waals surface area (Å²) < 4.78 is 4.90. The van der Waals surface area contributed by atoms with Crippen LogP contribution < -0.4 is 0 Å². The van der Waals surface area contributed by atoms with Crippen molar-refractivity contribution in [3.8, 4) is 0 Å². The zero-order chi connectivity index (χ0) is 15.0. The van der Waals surface area contributed by atoms with E-state index >= 15 is 0 Å². The van der Waals surface area contributed by atoms with Gasteiger partial charge in [0.1, 0.15) is 6.54 Å². The lowest BCUT2D eigenvalue weighted by atomic mass is 10.1. The molecule has 0 saturated heterocycles. The number of hydrogen-bond donors (Lipinski definition) is 1. The fourth-order valence-electron chi connectivity index (χ4n) is 1.90. The summed E-state index contributed by atoms with van der Waals surface area (Å²) in [7, 11) is 1.52. The first-order valence-electron chi connectivity index (χ1n) is 6.63. The first-order valence-corrected chi connectivity index (χ1v) is 6.63. The van der Waals surface area contributed by atoms with Crippen LogP contribution in [0.3, 0.4) is 0 Å². The van der Waals surface area contributed by atoms with E-state index in [9.17, 15) is 9.59 Å². The molecule has 110 valence electrons. The highest BCUT2D eigenvalue weighted by Crippen LogP contribution is 2.08. The minimum Gasteiger partial charge on any atom is -0.480 e. The Morgan fingerprint density at radius 2 is 2.00 bits per heavy atom. The Balaban J connectivity index is 2.70. The first-order chi connectivity index (χ1) is 9.56. The lowest BCUT2D eigenvalue weighted by Crippen LogP contribution is -2.38. The molecule has 1 aromatic carbocycles. The number of carbonyl (C=O) groups is 2. The predicted molar refractivity (Wildman–Crippen MR) is 75.6 cm³/mol. The van der Waals surface area contributed by atoms with E-state index in [1.165, 1.54) is 12.0 Å². The second-order valence-electron chi connectivity index (χ2n) is 4.55. The van der Waals surface area contributed by atoms with Crippen LogP contribution in [0.15, 0.2) is 24.3 Å². The molecule has 0 spiro atoms. The van der Waals surface area contributed by atoms with Gasteiger partial charge in [-0.2, -0.15) is 0 Å². The fraction of sp³-hybridized carbons (Fsp3) is 0.467. The van der Waals surface area contributed by atoms with Crippen LogP contribution >= 0.6 is 0 Å². The molecule has 0 aliphatic carbocycles. The van der Waals surface area contributed by atoms with Gasteiger partial charge in [-0.3, -0.25) is 9.59 Å². The highest BCUT2D eigenvalue weighted by atomic mass is 16.5. The van der Waals surface area contributed by atoms with Crippen molar-refractivity contribution in [1.29, 1.82) is 0 Å². The second kappa shape index (κ2) is 8.32. The van der Waals surface area contributed by atoms with Gasteiger partial charge in [0.05, 0.1) is 13.0 Å². The SMILES string of the molecule is CCc1cccc(CC(=O)N(CCOC)CC(=O)O)c1. The Kier molecular flexibility index (Phi) is 6.73. The maximum absolute atomic E-state index is 12.2. The maximum Gasteiger partial charge on any atom is 0.323 e. The van der Waals surface area contributed by atoms with Crippen molar-refractivity contribution in [2.24, 2.45) is 0 Å². The quantitative estimate of drug-likeness (QED) is 0.780. The Morgan fingerprint density at radius 1 is 1.30 bits per heavy atom. The van der Waals surface area contributed by atoms with Crippen LogP contribution in [0.25, 0.3) is 0 Å². The van der Waals surface area contributed by atoms with Gasteiger partial charge in [-0.25, -0.2) is 0 Å². The summed E-state index contributed by atoms with van der Waals surface area (Å²) >= 11 is 0. The summed E-state index contributed by atoms with van der Waals surface area (Å²) in [5.74, 6) is -1.21. The molecular formula is C15H21NO4. The molecule has 0 bridgehead atoms. The first kappa shape index (κ1) is 16.2. The summed E-state index contributed by atoms with van der Waals surface area (Å²) in [5.41, 5.74) is 2.07. The van der Waals surface area contributed by atoms with Crippen LogP contribution in [0.1, 0.15) is 18.1 Å². The van der Waals surface area contributed by atoms with Crippen molar-refractivity contribution in [2.45, 2.75) is 19.8 Å². The minimum absolute atomic E-state index is 0.197. The van der Waals surface area contributed by atoms with Gasteiger partial charge >= 0.3 is 5.97 Å². The number of amides is 1. The molecule has 0 aliphatic rings. The Morgan fingerprint density at radius 3 is 2.60 bits per heavy atom. The van der Waals surface area contributed by atoms with E-state index in [1.54, 1.807) is 0 Å². The van der Waals surface area contributed by atoms with E-state index < -0.39 is 5.97 Å². The minimum atomic E-state index is -1.02. The van der Waals surface area contributed by atoms with Crippen LogP contribution in [0.5, 0.6) is 0 Å². The molecule has 0 heterocycles. The van der Waals surface area contributed by atoms with Gasteiger partial charge in [-0.05, 0) is 17.5 Å². The largest absolute Gasteiger partial charge is 0.480 e. The Labute approximate surface area is 119 Å². The van der Waals surface area contributed by atoms with Gasteiger partial charge in [0, 0.05) is 13.7 Å². The molecule has 0 unspecified atom stereocenters. The van der Waals surface area contributed by atoms with Crippen molar-refractivity contribution in [1.82, 2.24) is 4.90 Å². The van der Waals surface area contributed by atoms with E-state index in [0.29, 0.717) is 6.61 Å². The average molecular weight is 279 g/mol. The number of methoxy groups -OCH3 is 1. The summed E-state index contributed by atoms with van der Waals surface area (Å²) in [6.45, 7) is 2.37. The molecule has 0 aromatic heterocycles. The van der Waals surface area contributed by atoms with Gasteiger partial charge in [0.15, 0.2) is 0 Å². The highest BCUT2D eigenvalue weighted by molar-refractivity contribution is 5.83. The number of aliphatic carboxylic acids is 1. The standard InChI is InChI=1S/C15H21NO4/c1-3-12-5-4-6-13(9-12)10-14(17)16(7-8-20-2)11-15(18)19/h4-6,9H,3,7-8,10-11H2,1-2H3,(H,18,19). The number of carboxylic acid groups (broad SMARTS) is 1. The zero-order valence-electron chi connectivity index (χ0n) is 12.0. The van der Waals surface area contributed by atoms with Crippen molar-refractivity contribution in [2.75, 3.05) is 26.8 Å². The number of rotatable bonds is 8. The molecular weight excluding hydrogens is 258 g/mol. The molecule has 0 atom stereocenters. The molecule has 0 radical (unpaired) electrons. The van der Waals surface area contributed by atoms with Crippen LogP contribution in [-0.4, -0.2) is 48.7 Å². The van der Waals surface area contributed by atoms with Gasteiger partial charge in [0.2, 0.25) is 5.91 Å². The van der Waals surface area contributed by atoms with Crippen molar-refractivity contribution >= 4 is 11.9 Å². The highest BCUT2D eigenvalue weighted by Gasteiger charge is 2.16. The monoisotopic (exact) mass is 279 g/mol. The topological polar surface area (TPSA) is 66.8 Å². The number of carboxylic acids is 1. The summed E-state index contributed by atoms with van der Waals surface area (Å²) in [4.78, 5) is 24.3. The molecule has 1 N–H and O–H groups in total. The maximum atomic E-state index is 12.2. The number of carbonyl (C=O) groups excluding carboxylic acids is 1. The molecule has 1 aromatic rings. The third-order valence-corrected chi connectivity index (χ3v) is 3.00. The van der Waals surface area contributed by atoms with Crippen molar-refractivity contribution < 1.29 is 19.4 Å². The number of ether oxygens (including phenoxy) is 1. The molecule has 0 fully saturated rings. The van der Waals surface area contributed by atoms with Crippen LogP contribution in [0, 0.1) is 0 Å². The second-order valence-corrected chi connectivity index (χ2v) is 4.55. The molecule has 0 aliphatic heterocycles. The van der Waals surface area contributed by atoms with Gasteiger partial charge in [-0.1, -0.05) is 31.2 Å². The number of nitrogens with zero attached hydrogens (tertiary/aromatic N) is 1. The summed E-state index contributed by atoms with van der Waals surface area (Å²) in [6.07, 6.45) is 1.12. The summed E-state index contributed by atoms with van der Waals surface area (Å²) in [6, 6.07) is 7.78. The lowest BCUT2D eigenvalue weighted by molar-refractivity contribution is -0.144. The third kappa shape index (κ3) is 5.40. The van der Waals surface area contributed by atoms with E-state index in [4.69, 9.17) is 9.84 Å². The fourth-order valence-corrected chi connectivity index (χ4v) is 1.90. The number of aryl methyl sites for hydroxylation is 1. The van der Waals surface area contributed by atoms with Crippen LogP contribution in [-0.2, 0) is 27.2 Å². The van der Waals surface area contributed by atoms with Crippen LogP contribution in [0.4, 0.5) is 0 Å². The summed E-state index contributed by atoms with van der Waals surface area (Å²) in [5, 5.41) is 8.85. The molecule has 1 rings (SSSR count). The normalized spacial score (nSPS) is 10.3.